The van der Waals surface area contributed by atoms with Crippen LogP contribution in [-0.2, 0) is 4.79 Å². The maximum Gasteiger partial charge on any atom is 0.223 e. The van der Waals surface area contributed by atoms with Crippen LogP contribution in [0.3, 0.4) is 0 Å². The van der Waals surface area contributed by atoms with Crippen LogP contribution in [0, 0.1) is 11.8 Å². The van der Waals surface area contributed by atoms with Gasteiger partial charge in [0.2, 0.25) is 5.91 Å². The Hall–Kier alpha value is -1.06. The Morgan fingerprint density at radius 2 is 2.05 bits per heavy atom. The molecule has 1 saturated heterocycles. The second-order valence-electron chi connectivity index (χ2n) is 5.53. The lowest BCUT2D eigenvalue weighted by Gasteiger charge is -2.17. The van der Waals surface area contributed by atoms with Crippen LogP contribution in [-0.4, -0.2) is 29.7 Å². The first kappa shape index (κ1) is 15.3. The highest BCUT2D eigenvalue weighted by Crippen LogP contribution is 2.26. The number of likely N-dealkylation sites (tertiary alicyclic amines) is 1. The molecule has 1 atom stereocenters. The Labute approximate surface area is 128 Å². The number of hydrogen-bond donors (Lipinski definition) is 0. The second-order valence-corrected chi connectivity index (χ2v) is 6.35. The first-order valence-electron chi connectivity index (χ1n) is 6.64. The minimum Gasteiger partial charge on any atom is -0.335 e. The van der Waals surface area contributed by atoms with E-state index >= 15 is 0 Å². The van der Waals surface area contributed by atoms with E-state index in [-0.39, 0.29) is 18.2 Å². The molecule has 1 aromatic carbocycles. The molecule has 1 heterocycles. The molecule has 0 aromatic heterocycles. The number of benzene rings is 1. The molecule has 2 rings (SSSR count). The van der Waals surface area contributed by atoms with Gasteiger partial charge in [0.15, 0.2) is 5.78 Å². The Kier molecular flexibility index (Phi) is 4.71. The first-order chi connectivity index (χ1) is 9.38. The van der Waals surface area contributed by atoms with Crippen molar-refractivity contribution in [3.05, 3.63) is 33.8 Å². The van der Waals surface area contributed by atoms with Crippen LogP contribution in [0.25, 0.3) is 0 Å². The quantitative estimate of drug-likeness (QED) is 0.795. The van der Waals surface area contributed by atoms with E-state index < -0.39 is 0 Å². The predicted octanol–water partition coefficient (Wildman–Crippen LogP) is 3.68. The molecule has 1 fully saturated rings. The van der Waals surface area contributed by atoms with Gasteiger partial charge in [0.25, 0.3) is 0 Å². The molecule has 1 unspecified atom stereocenters. The molecule has 108 valence electrons. The van der Waals surface area contributed by atoms with Gasteiger partial charge in [0.05, 0.1) is 16.6 Å². The van der Waals surface area contributed by atoms with Crippen molar-refractivity contribution in [3.8, 4) is 0 Å². The zero-order valence-corrected chi connectivity index (χ0v) is 13.0. The summed E-state index contributed by atoms with van der Waals surface area (Å²) < 4.78 is 0. The Bertz CT molecular complexity index is 543. The first-order valence-corrected chi connectivity index (χ1v) is 7.40. The fraction of sp³-hybridized carbons (Fsp3) is 0.467. The van der Waals surface area contributed by atoms with E-state index in [1.54, 1.807) is 23.1 Å². The monoisotopic (exact) mass is 313 g/mol. The Balaban J connectivity index is 2.04. The second kappa shape index (κ2) is 6.15. The van der Waals surface area contributed by atoms with Crippen molar-refractivity contribution in [1.29, 1.82) is 0 Å². The number of amides is 1. The lowest BCUT2D eigenvalue weighted by Crippen LogP contribution is -2.31. The van der Waals surface area contributed by atoms with Crippen LogP contribution < -0.4 is 0 Å². The van der Waals surface area contributed by atoms with Crippen molar-refractivity contribution in [2.45, 2.75) is 20.3 Å². The molecule has 0 N–H and O–H groups in total. The Morgan fingerprint density at radius 3 is 2.60 bits per heavy atom. The van der Waals surface area contributed by atoms with E-state index in [2.05, 4.69) is 13.8 Å². The number of halogens is 2. The predicted molar refractivity (Wildman–Crippen MR) is 80.3 cm³/mol. The third kappa shape index (κ3) is 3.33. The van der Waals surface area contributed by atoms with Gasteiger partial charge in [-0.15, -0.1) is 0 Å². The Morgan fingerprint density at radius 1 is 1.35 bits per heavy atom. The summed E-state index contributed by atoms with van der Waals surface area (Å²) in [7, 11) is 0. The fourth-order valence-electron chi connectivity index (χ4n) is 2.34. The van der Waals surface area contributed by atoms with E-state index in [1.165, 1.54) is 0 Å². The van der Waals surface area contributed by atoms with Gasteiger partial charge in [-0.05, 0) is 30.0 Å². The molecule has 0 bridgehead atoms. The van der Waals surface area contributed by atoms with Crippen LogP contribution in [0.1, 0.15) is 30.6 Å². The summed E-state index contributed by atoms with van der Waals surface area (Å²) in [6.07, 6.45) is 0.534. The summed E-state index contributed by atoms with van der Waals surface area (Å²) in [6, 6.07) is 4.78. The van der Waals surface area contributed by atoms with Crippen molar-refractivity contribution in [2.24, 2.45) is 11.8 Å². The van der Waals surface area contributed by atoms with E-state index in [1.807, 2.05) is 0 Å². The van der Waals surface area contributed by atoms with E-state index in [0.29, 0.717) is 40.4 Å². The fourth-order valence-corrected chi connectivity index (χ4v) is 2.63. The van der Waals surface area contributed by atoms with Gasteiger partial charge >= 0.3 is 0 Å². The summed E-state index contributed by atoms with van der Waals surface area (Å²) in [4.78, 5) is 25.7. The van der Waals surface area contributed by atoms with Crippen molar-refractivity contribution in [1.82, 2.24) is 4.90 Å². The lowest BCUT2D eigenvalue weighted by molar-refractivity contribution is -0.127. The third-order valence-electron chi connectivity index (χ3n) is 3.76. The average Bonchev–Trinajstić information content (AvgIpc) is 2.74. The van der Waals surface area contributed by atoms with E-state index in [0.717, 1.165) is 0 Å². The van der Waals surface area contributed by atoms with Gasteiger partial charge in [0.1, 0.15) is 0 Å². The summed E-state index contributed by atoms with van der Waals surface area (Å²) in [5.41, 5.74) is 0.486. The number of carbonyl (C=O) groups excluding carboxylic acids is 2. The maximum atomic E-state index is 12.2. The van der Waals surface area contributed by atoms with Crippen LogP contribution in [0.15, 0.2) is 18.2 Å². The van der Waals surface area contributed by atoms with Crippen LogP contribution in [0.5, 0.6) is 0 Å². The largest absolute Gasteiger partial charge is 0.335 e. The zero-order valence-electron chi connectivity index (χ0n) is 11.5. The summed E-state index contributed by atoms with van der Waals surface area (Å²) >= 11 is 11.7. The topological polar surface area (TPSA) is 37.4 Å². The van der Waals surface area contributed by atoms with Gasteiger partial charge in [0, 0.05) is 18.5 Å². The van der Waals surface area contributed by atoms with Crippen LogP contribution in [0.2, 0.25) is 10.0 Å². The normalized spacial score (nSPS) is 18.9. The molecule has 1 aliphatic rings. The van der Waals surface area contributed by atoms with Crippen molar-refractivity contribution < 1.29 is 9.59 Å². The summed E-state index contributed by atoms with van der Waals surface area (Å²) in [5.74, 6) is 0.728. The van der Waals surface area contributed by atoms with Gasteiger partial charge in [-0.1, -0.05) is 37.0 Å². The van der Waals surface area contributed by atoms with Crippen molar-refractivity contribution in [3.63, 3.8) is 0 Å². The highest BCUT2D eigenvalue weighted by atomic mass is 35.5. The molecular formula is C15H17Cl2NO2. The highest BCUT2D eigenvalue weighted by Gasteiger charge is 2.32. The number of carbonyl (C=O) groups is 2. The lowest BCUT2D eigenvalue weighted by atomic mass is 9.95. The van der Waals surface area contributed by atoms with Gasteiger partial charge in [-0.25, -0.2) is 0 Å². The number of hydrogen-bond acceptors (Lipinski definition) is 2. The SMILES string of the molecule is CC(C)C1CC(=O)N(CC(=O)c2ccc(Cl)c(Cl)c2)C1. The minimum absolute atomic E-state index is 0.0529. The van der Waals surface area contributed by atoms with Gasteiger partial charge < -0.3 is 4.90 Å². The third-order valence-corrected chi connectivity index (χ3v) is 4.50. The number of ketones is 1. The molecule has 0 aliphatic carbocycles. The molecule has 1 aliphatic heterocycles. The van der Waals surface area contributed by atoms with E-state index in [9.17, 15) is 9.59 Å². The summed E-state index contributed by atoms with van der Waals surface area (Å²) in [6.45, 7) is 4.97. The van der Waals surface area contributed by atoms with E-state index in [4.69, 9.17) is 23.2 Å². The smallest absolute Gasteiger partial charge is 0.223 e. The van der Waals surface area contributed by atoms with Crippen LogP contribution in [0.4, 0.5) is 0 Å². The molecule has 3 nitrogen and oxygen atoms in total. The molecule has 1 amide bonds. The number of rotatable bonds is 4. The molecule has 0 spiro atoms. The highest BCUT2D eigenvalue weighted by molar-refractivity contribution is 6.42. The standard InChI is InChI=1S/C15H17Cl2NO2/c1-9(2)11-6-15(20)18(7-11)8-14(19)10-3-4-12(16)13(17)5-10/h3-5,9,11H,6-8H2,1-2H3. The number of Topliss-reactive ketones (excluding diaryl/α,β-unsaturated/α-hetero) is 1. The summed E-state index contributed by atoms with van der Waals surface area (Å²) in [5, 5.41) is 0.769. The molecule has 20 heavy (non-hydrogen) atoms. The molecule has 0 saturated carbocycles. The molecule has 0 radical (unpaired) electrons. The van der Waals surface area contributed by atoms with Crippen molar-refractivity contribution >= 4 is 34.9 Å². The molecule has 1 aromatic rings. The minimum atomic E-state index is -0.110. The average molecular weight is 314 g/mol. The molecule has 5 heteroatoms. The zero-order chi connectivity index (χ0) is 14.9. The number of nitrogens with zero attached hydrogens (tertiary/aromatic N) is 1. The molecular weight excluding hydrogens is 297 g/mol. The van der Waals surface area contributed by atoms with Crippen LogP contribution >= 0.6 is 23.2 Å². The van der Waals surface area contributed by atoms with Crippen molar-refractivity contribution in [2.75, 3.05) is 13.1 Å². The maximum absolute atomic E-state index is 12.2. The van der Waals surface area contributed by atoms with Gasteiger partial charge in [-0.2, -0.15) is 0 Å². The van der Waals surface area contributed by atoms with Gasteiger partial charge in [-0.3, -0.25) is 9.59 Å².